The van der Waals surface area contributed by atoms with Crippen molar-refractivity contribution in [2.45, 2.75) is 106 Å². The maximum absolute atomic E-state index is 13.9. The summed E-state index contributed by atoms with van der Waals surface area (Å²) in [6, 6.07) is 0. The molecule has 5 rings (SSSR count). The minimum atomic E-state index is -0.431. The zero-order valence-electron chi connectivity index (χ0n) is 22.2. The molecule has 0 radical (unpaired) electrons. The van der Waals surface area contributed by atoms with Gasteiger partial charge in [0, 0.05) is 34.8 Å². The van der Waals surface area contributed by atoms with Crippen molar-refractivity contribution in [3.63, 3.8) is 0 Å². The van der Waals surface area contributed by atoms with Gasteiger partial charge in [-0.3, -0.25) is 9.59 Å². The van der Waals surface area contributed by atoms with Crippen LogP contribution in [0.15, 0.2) is 22.8 Å². The van der Waals surface area contributed by atoms with Gasteiger partial charge in [0.15, 0.2) is 5.78 Å². The van der Waals surface area contributed by atoms with Crippen LogP contribution in [-0.4, -0.2) is 23.6 Å². The van der Waals surface area contributed by atoms with Crippen LogP contribution in [0.3, 0.4) is 0 Å². The summed E-state index contributed by atoms with van der Waals surface area (Å²) >= 11 is 0. The van der Waals surface area contributed by atoms with E-state index < -0.39 is 5.41 Å². The van der Waals surface area contributed by atoms with E-state index in [2.05, 4.69) is 41.5 Å². The van der Waals surface area contributed by atoms with Crippen molar-refractivity contribution >= 4 is 17.5 Å². The van der Waals surface area contributed by atoms with E-state index in [0.717, 1.165) is 49.7 Å². The fourth-order valence-electron chi connectivity index (χ4n) is 9.38. The Balaban J connectivity index is 1.49. The summed E-state index contributed by atoms with van der Waals surface area (Å²) in [6.07, 6.45) is 8.99. The second kappa shape index (κ2) is 7.40. The average Bonchev–Trinajstić information content (AvgIpc) is 3.21. The van der Waals surface area contributed by atoms with Crippen molar-refractivity contribution in [1.29, 1.82) is 0 Å². The summed E-state index contributed by atoms with van der Waals surface area (Å²) in [7, 11) is 0. The molecule has 7 unspecified atom stereocenters. The third-order valence-corrected chi connectivity index (χ3v) is 11.7. The highest BCUT2D eigenvalue weighted by Gasteiger charge is 2.65. The van der Waals surface area contributed by atoms with Crippen molar-refractivity contribution in [2.75, 3.05) is 0 Å². The SMILES string of the molecule is CC1=CC(CC(C)C2CCC3(C)C4=C(CCC23C)C2(C)CCC(=O)C(C)(C)C2CC4=O)OC1=O. The molecular formula is C30H42O4. The first kappa shape index (κ1) is 24.0. The first-order chi connectivity index (χ1) is 15.8. The summed E-state index contributed by atoms with van der Waals surface area (Å²) in [6.45, 7) is 15.5. The molecule has 0 aromatic rings. The summed E-state index contributed by atoms with van der Waals surface area (Å²) in [4.78, 5) is 38.6. The van der Waals surface area contributed by atoms with Gasteiger partial charge in [-0.25, -0.2) is 4.79 Å². The van der Waals surface area contributed by atoms with Crippen LogP contribution in [0.4, 0.5) is 0 Å². The van der Waals surface area contributed by atoms with E-state index >= 15 is 0 Å². The summed E-state index contributed by atoms with van der Waals surface area (Å²) in [5.74, 6) is 1.49. The quantitative estimate of drug-likeness (QED) is 0.453. The Hall–Kier alpha value is -1.71. The van der Waals surface area contributed by atoms with Crippen molar-refractivity contribution in [3.8, 4) is 0 Å². The lowest BCUT2D eigenvalue weighted by molar-refractivity contribution is -0.143. The van der Waals surface area contributed by atoms with Gasteiger partial charge in [-0.05, 0) is 80.1 Å². The third-order valence-electron chi connectivity index (χ3n) is 11.7. The lowest BCUT2D eigenvalue weighted by Crippen LogP contribution is -2.56. The van der Waals surface area contributed by atoms with Crippen LogP contribution in [0, 0.1) is 39.4 Å². The second-order valence-corrected chi connectivity index (χ2v) is 13.5. The molecule has 2 saturated carbocycles. The Morgan fingerprint density at radius 3 is 2.38 bits per heavy atom. The molecule has 4 nitrogen and oxygen atoms in total. The monoisotopic (exact) mass is 466 g/mol. The minimum absolute atomic E-state index is 0.0466. The molecule has 0 saturated heterocycles. The Labute approximate surface area is 205 Å². The number of hydrogen-bond acceptors (Lipinski definition) is 4. The molecule has 7 atom stereocenters. The number of cyclic esters (lactones) is 1. The van der Waals surface area contributed by atoms with Crippen LogP contribution in [0.2, 0.25) is 0 Å². The molecule has 2 fully saturated rings. The van der Waals surface area contributed by atoms with E-state index in [1.54, 1.807) is 0 Å². The Kier molecular flexibility index (Phi) is 5.22. The highest BCUT2D eigenvalue weighted by molar-refractivity contribution is 6.00. The molecule has 0 spiro atoms. The molecule has 186 valence electrons. The van der Waals surface area contributed by atoms with E-state index in [1.165, 1.54) is 5.57 Å². The number of hydrogen-bond donors (Lipinski definition) is 0. The standard InChI is InChI=1S/C30H42O4/c1-17(14-19-15-18(2)26(33)34-19)20-8-13-30(7)25-21(9-12-29(20,30)6)28(5)11-10-24(32)27(3,4)23(28)16-22(25)31/h15,17,19-20,23H,8-14,16H2,1-7H3. The minimum Gasteiger partial charge on any atom is -0.455 e. The smallest absolute Gasteiger partial charge is 0.334 e. The number of carbonyl (C=O) groups is 3. The van der Waals surface area contributed by atoms with E-state index in [0.29, 0.717) is 36.2 Å². The molecule has 0 aromatic carbocycles. The summed E-state index contributed by atoms with van der Waals surface area (Å²) < 4.78 is 5.58. The highest BCUT2D eigenvalue weighted by atomic mass is 16.5. The normalized spacial score (nSPS) is 44.3. The zero-order valence-corrected chi connectivity index (χ0v) is 22.2. The van der Waals surface area contributed by atoms with Crippen molar-refractivity contribution in [3.05, 3.63) is 22.8 Å². The van der Waals surface area contributed by atoms with Crippen LogP contribution in [0.5, 0.6) is 0 Å². The lowest BCUT2D eigenvalue weighted by Gasteiger charge is -2.60. The van der Waals surface area contributed by atoms with Gasteiger partial charge < -0.3 is 4.74 Å². The number of ketones is 2. The number of Topliss-reactive ketones (excluding diaryl/α,β-unsaturated/α-hetero) is 2. The van der Waals surface area contributed by atoms with Gasteiger partial charge in [-0.2, -0.15) is 0 Å². The molecule has 0 bridgehead atoms. The lowest BCUT2D eigenvalue weighted by atomic mass is 9.43. The van der Waals surface area contributed by atoms with Gasteiger partial charge in [-0.1, -0.05) is 47.1 Å². The molecule has 1 aliphatic heterocycles. The molecule has 0 N–H and O–H groups in total. The van der Waals surface area contributed by atoms with Gasteiger partial charge in [0.05, 0.1) is 0 Å². The van der Waals surface area contributed by atoms with Crippen LogP contribution in [0.1, 0.15) is 99.8 Å². The number of fused-ring (bicyclic) bond motifs is 4. The van der Waals surface area contributed by atoms with Gasteiger partial charge in [0.2, 0.25) is 0 Å². The van der Waals surface area contributed by atoms with Crippen LogP contribution in [-0.2, 0) is 19.1 Å². The van der Waals surface area contributed by atoms with E-state index in [4.69, 9.17) is 4.74 Å². The molecule has 1 heterocycles. The average molecular weight is 467 g/mol. The fraction of sp³-hybridized carbons (Fsp3) is 0.767. The van der Waals surface area contributed by atoms with Gasteiger partial charge in [-0.15, -0.1) is 0 Å². The van der Waals surface area contributed by atoms with Crippen LogP contribution in [0.25, 0.3) is 0 Å². The molecular weight excluding hydrogens is 424 g/mol. The summed E-state index contributed by atoms with van der Waals surface area (Å²) in [5.41, 5.74) is 2.72. The van der Waals surface area contributed by atoms with Crippen molar-refractivity contribution in [1.82, 2.24) is 0 Å². The number of ether oxygens (including phenoxy) is 1. The zero-order chi connectivity index (χ0) is 24.8. The first-order valence-corrected chi connectivity index (χ1v) is 13.5. The third kappa shape index (κ3) is 2.99. The number of allylic oxidation sites excluding steroid dienone is 2. The Morgan fingerprint density at radius 2 is 1.74 bits per heavy atom. The second-order valence-electron chi connectivity index (χ2n) is 13.5. The molecule has 0 aromatic heterocycles. The van der Waals surface area contributed by atoms with E-state index in [-0.39, 0.29) is 34.2 Å². The van der Waals surface area contributed by atoms with E-state index in [9.17, 15) is 14.4 Å². The molecule has 0 amide bonds. The number of carbonyl (C=O) groups excluding carboxylic acids is 3. The van der Waals surface area contributed by atoms with Crippen molar-refractivity contribution < 1.29 is 19.1 Å². The predicted molar refractivity (Wildman–Crippen MR) is 132 cm³/mol. The fourth-order valence-corrected chi connectivity index (χ4v) is 9.38. The van der Waals surface area contributed by atoms with Gasteiger partial charge in [0.25, 0.3) is 0 Å². The predicted octanol–water partition coefficient (Wildman–Crippen LogP) is 6.38. The Morgan fingerprint density at radius 1 is 1.03 bits per heavy atom. The summed E-state index contributed by atoms with van der Waals surface area (Å²) in [5, 5.41) is 0. The van der Waals surface area contributed by atoms with Crippen molar-refractivity contribution in [2.24, 2.45) is 39.4 Å². The van der Waals surface area contributed by atoms with E-state index in [1.807, 2.05) is 13.0 Å². The van der Waals surface area contributed by atoms with Crippen LogP contribution < -0.4 is 0 Å². The largest absolute Gasteiger partial charge is 0.455 e. The topological polar surface area (TPSA) is 60.4 Å². The highest BCUT2D eigenvalue weighted by Crippen LogP contribution is 2.71. The molecule has 34 heavy (non-hydrogen) atoms. The maximum atomic E-state index is 13.9. The first-order valence-electron chi connectivity index (χ1n) is 13.5. The number of esters is 1. The molecule has 4 heteroatoms. The number of rotatable bonds is 3. The molecule has 5 aliphatic rings. The van der Waals surface area contributed by atoms with Gasteiger partial charge >= 0.3 is 5.97 Å². The van der Waals surface area contributed by atoms with Gasteiger partial charge in [0.1, 0.15) is 11.9 Å². The van der Waals surface area contributed by atoms with Crippen LogP contribution >= 0.6 is 0 Å². The molecule has 4 aliphatic carbocycles. The maximum Gasteiger partial charge on any atom is 0.334 e. The Bertz CT molecular complexity index is 1030.